The van der Waals surface area contributed by atoms with E-state index in [4.69, 9.17) is 9.47 Å². The van der Waals surface area contributed by atoms with Crippen molar-refractivity contribution in [2.75, 3.05) is 7.11 Å². The molecule has 0 bridgehead atoms. The summed E-state index contributed by atoms with van der Waals surface area (Å²) >= 11 is 0. The van der Waals surface area contributed by atoms with Crippen molar-refractivity contribution in [3.63, 3.8) is 0 Å². The lowest BCUT2D eigenvalue weighted by molar-refractivity contribution is -0.147. The summed E-state index contributed by atoms with van der Waals surface area (Å²) in [5.41, 5.74) is 0. The number of hydrogen-bond donors (Lipinski definition) is 0. The molecular weight excluding hydrogens is 156 g/mol. The van der Waals surface area contributed by atoms with E-state index in [0.717, 1.165) is 0 Å². The van der Waals surface area contributed by atoms with Gasteiger partial charge in [0.1, 0.15) is 11.9 Å². The van der Waals surface area contributed by atoms with Crippen molar-refractivity contribution in [3.05, 3.63) is 11.8 Å². The Hall–Kier alpha value is -0.990. The van der Waals surface area contributed by atoms with Gasteiger partial charge in [0.15, 0.2) is 0 Å². The summed E-state index contributed by atoms with van der Waals surface area (Å²) in [4.78, 5) is 11.0. The van der Waals surface area contributed by atoms with E-state index < -0.39 is 0 Å². The molecule has 1 heterocycles. The van der Waals surface area contributed by atoms with Crippen LogP contribution in [0.15, 0.2) is 11.8 Å². The number of carbonyl (C=O) groups excluding carboxylic acids is 1. The van der Waals surface area contributed by atoms with Crippen LogP contribution in [0.1, 0.15) is 20.3 Å². The first kappa shape index (κ1) is 9.10. The molecule has 1 unspecified atom stereocenters. The molecule has 0 N–H and O–H groups in total. The van der Waals surface area contributed by atoms with Gasteiger partial charge in [-0.3, -0.25) is 0 Å². The monoisotopic (exact) mass is 170 g/mol. The van der Waals surface area contributed by atoms with E-state index in [1.807, 2.05) is 13.8 Å². The molecule has 0 aromatic rings. The third kappa shape index (κ3) is 2.00. The van der Waals surface area contributed by atoms with Gasteiger partial charge in [0.2, 0.25) is 0 Å². The minimum Gasteiger partial charge on any atom is -0.501 e. The quantitative estimate of drug-likeness (QED) is 0.589. The lowest BCUT2D eigenvalue weighted by Crippen LogP contribution is -2.27. The van der Waals surface area contributed by atoms with Crippen molar-refractivity contribution < 1.29 is 14.3 Å². The average Bonchev–Trinajstić information content (AvgIpc) is 2.03. The Labute approximate surface area is 72.4 Å². The van der Waals surface area contributed by atoms with E-state index in [9.17, 15) is 4.79 Å². The van der Waals surface area contributed by atoms with Gasteiger partial charge in [0.05, 0.1) is 13.2 Å². The molecule has 0 aromatic carbocycles. The summed E-state index contributed by atoms with van der Waals surface area (Å²) < 4.78 is 10.1. The van der Waals surface area contributed by atoms with Gasteiger partial charge in [-0.1, -0.05) is 13.8 Å². The second kappa shape index (κ2) is 3.61. The summed E-state index contributed by atoms with van der Waals surface area (Å²) in [5.74, 6) is 0.759. The molecule has 0 saturated carbocycles. The first-order chi connectivity index (χ1) is 5.63. The number of carbonyl (C=O) groups is 1. The Morgan fingerprint density at radius 1 is 1.67 bits per heavy atom. The zero-order valence-electron chi connectivity index (χ0n) is 7.66. The fourth-order valence-electron chi connectivity index (χ4n) is 1.13. The number of hydrogen-bond acceptors (Lipinski definition) is 3. The van der Waals surface area contributed by atoms with Crippen molar-refractivity contribution in [2.45, 2.75) is 26.4 Å². The van der Waals surface area contributed by atoms with Crippen LogP contribution >= 0.6 is 0 Å². The van der Waals surface area contributed by atoms with Crippen LogP contribution in [0.5, 0.6) is 0 Å². The van der Waals surface area contributed by atoms with Crippen LogP contribution in [0.2, 0.25) is 0 Å². The molecule has 0 fully saturated rings. The van der Waals surface area contributed by atoms with Crippen LogP contribution in [-0.4, -0.2) is 19.2 Å². The summed E-state index contributed by atoms with van der Waals surface area (Å²) in [5, 5.41) is 0. The van der Waals surface area contributed by atoms with Crippen molar-refractivity contribution >= 4 is 5.97 Å². The predicted octanol–water partition coefficient (Wildman–Crippen LogP) is 1.49. The third-order valence-electron chi connectivity index (χ3n) is 1.95. The van der Waals surface area contributed by atoms with Gasteiger partial charge in [-0.25, -0.2) is 4.79 Å². The van der Waals surface area contributed by atoms with Crippen molar-refractivity contribution in [2.24, 2.45) is 5.92 Å². The van der Waals surface area contributed by atoms with Gasteiger partial charge >= 0.3 is 5.97 Å². The van der Waals surface area contributed by atoms with Gasteiger partial charge in [-0.15, -0.1) is 0 Å². The number of ether oxygens (including phenoxy) is 2. The highest BCUT2D eigenvalue weighted by Gasteiger charge is 2.24. The first-order valence-corrected chi connectivity index (χ1v) is 4.08. The molecule has 1 aliphatic heterocycles. The Bertz CT molecular complexity index is 206. The standard InChI is InChI=1S/C9H14O3/c1-6(2)8-4-7(11-3)5-9(10)12-8/h5-6,8H,4H2,1-3H3. The molecule has 0 amide bonds. The van der Waals surface area contributed by atoms with E-state index in [-0.39, 0.29) is 12.1 Å². The molecule has 68 valence electrons. The summed E-state index contributed by atoms with van der Waals surface area (Å²) in [6.07, 6.45) is 2.07. The molecule has 3 nitrogen and oxygen atoms in total. The minimum atomic E-state index is -0.295. The number of methoxy groups -OCH3 is 1. The molecular formula is C9H14O3. The van der Waals surface area contributed by atoms with Crippen LogP contribution in [0.4, 0.5) is 0 Å². The zero-order chi connectivity index (χ0) is 9.14. The predicted molar refractivity (Wildman–Crippen MR) is 44.4 cm³/mol. The molecule has 1 atom stereocenters. The molecule has 0 saturated heterocycles. The maximum Gasteiger partial charge on any atom is 0.334 e. The Kier molecular flexibility index (Phi) is 2.74. The number of rotatable bonds is 2. The van der Waals surface area contributed by atoms with Crippen LogP contribution in [-0.2, 0) is 14.3 Å². The molecule has 0 aromatic heterocycles. The largest absolute Gasteiger partial charge is 0.501 e. The van der Waals surface area contributed by atoms with Gasteiger partial charge in [0, 0.05) is 6.42 Å². The third-order valence-corrected chi connectivity index (χ3v) is 1.95. The normalized spacial score (nSPS) is 23.5. The van der Waals surface area contributed by atoms with Gasteiger partial charge in [-0.05, 0) is 5.92 Å². The lowest BCUT2D eigenvalue weighted by atomic mass is 10.0. The second-order valence-electron chi connectivity index (χ2n) is 3.24. The first-order valence-electron chi connectivity index (χ1n) is 4.08. The number of cyclic esters (lactones) is 1. The summed E-state index contributed by atoms with van der Waals surface area (Å²) in [6.45, 7) is 4.05. The van der Waals surface area contributed by atoms with Crippen LogP contribution in [0.25, 0.3) is 0 Å². The van der Waals surface area contributed by atoms with Gasteiger partial charge in [0.25, 0.3) is 0 Å². The molecule has 0 radical (unpaired) electrons. The van der Waals surface area contributed by atoms with E-state index in [1.54, 1.807) is 7.11 Å². The summed E-state index contributed by atoms with van der Waals surface area (Å²) in [6, 6.07) is 0. The molecule has 3 heteroatoms. The number of esters is 1. The van der Waals surface area contributed by atoms with Gasteiger partial charge < -0.3 is 9.47 Å². The topological polar surface area (TPSA) is 35.5 Å². The van der Waals surface area contributed by atoms with Crippen LogP contribution in [0.3, 0.4) is 0 Å². The van der Waals surface area contributed by atoms with E-state index in [1.165, 1.54) is 6.08 Å². The van der Waals surface area contributed by atoms with Crippen molar-refractivity contribution in [1.82, 2.24) is 0 Å². The maximum atomic E-state index is 11.0. The molecule has 12 heavy (non-hydrogen) atoms. The molecule has 1 rings (SSSR count). The Morgan fingerprint density at radius 2 is 2.33 bits per heavy atom. The van der Waals surface area contributed by atoms with Crippen molar-refractivity contribution in [1.29, 1.82) is 0 Å². The van der Waals surface area contributed by atoms with E-state index in [0.29, 0.717) is 18.1 Å². The van der Waals surface area contributed by atoms with Gasteiger partial charge in [-0.2, -0.15) is 0 Å². The Balaban J connectivity index is 2.66. The Morgan fingerprint density at radius 3 is 2.83 bits per heavy atom. The second-order valence-corrected chi connectivity index (χ2v) is 3.24. The maximum absolute atomic E-state index is 11.0. The highest BCUT2D eigenvalue weighted by Crippen LogP contribution is 2.21. The molecule has 0 spiro atoms. The molecule has 0 aliphatic carbocycles. The highest BCUT2D eigenvalue weighted by atomic mass is 16.5. The zero-order valence-corrected chi connectivity index (χ0v) is 7.66. The fraction of sp³-hybridized carbons (Fsp3) is 0.667. The smallest absolute Gasteiger partial charge is 0.334 e. The molecule has 1 aliphatic rings. The summed E-state index contributed by atoms with van der Waals surface area (Å²) in [7, 11) is 1.57. The van der Waals surface area contributed by atoms with E-state index >= 15 is 0 Å². The van der Waals surface area contributed by atoms with Crippen LogP contribution < -0.4 is 0 Å². The average molecular weight is 170 g/mol. The van der Waals surface area contributed by atoms with Crippen LogP contribution in [0, 0.1) is 5.92 Å². The lowest BCUT2D eigenvalue weighted by Gasteiger charge is -2.24. The van der Waals surface area contributed by atoms with Crippen molar-refractivity contribution in [3.8, 4) is 0 Å². The van der Waals surface area contributed by atoms with E-state index in [2.05, 4.69) is 0 Å². The SMILES string of the molecule is COC1=CC(=O)OC(C(C)C)C1. The highest BCUT2D eigenvalue weighted by molar-refractivity contribution is 5.83. The fourth-order valence-corrected chi connectivity index (χ4v) is 1.13. The minimum absolute atomic E-state index is 0.0301.